The van der Waals surface area contributed by atoms with E-state index in [1.165, 1.54) is 0 Å². The maximum atomic E-state index is 11.8. The summed E-state index contributed by atoms with van der Waals surface area (Å²) in [6.07, 6.45) is 0.326. The number of hydrogen-bond donors (Lipinski definition) is 1. The van der Waals surface area contributed by atoms with Gasteiger partial charge in [0.05, 0.1) is 23.5 Å². The SMILES string of the molecule is CC(Br)C(=O)c1ccc2c(c1)NC(=O)CCO2. The molecule has 0 aliphatic carbocycles. The fraction of sp³-hybridized carbons (Fsp3) is 0.333. The quantitative estimate of drug-likeness (QED) is 0.673. The van der Waals surface area contributed by atoms with Gasteiger partial charge in [0.1, 0.15) is 5.75 Å². The van der Waals surface area contributed by atoms with Crippen molar-refractivity contribution in [3.63, 3.8) is 0 Å². The molecule has 0 radical (unpaired) electrons. The zero-order chi connectivity index (χ0) is 12.4. The molecule has 1 heterocycles. The van der Waals surface area contributed by atoms with Gasteiger partial charge in [0.2, 0.25) is 5.91 Å². The highest BCUT2D eigenvalue weighted by Crippen LogP contribution is 2.28. The normalized spacial score (nSPS) is 16.2. The van der Waals surface area contributed by atoms with Crippen molar-refractivity contribution in [3.8, 4) is 5.75 Å². The molecule has 4 nitrogen and oxygen atoms in total. The van der Waals surface area contributed by atoms with Crippen LogP contribution in [0.2, 0.25) is 0 Å². The predicted octanol–water partition coefficient (Wildman–Crippen LogP) is 2.37. The van der Waals surface area contributed by atoms with Gasteiger partial charge in [0.15, 0.2) is 5.78 Å². The lowest BCUT2D eigenvalue weighted by atomic mass is 10.1. The van der Waals surface area contributed by atoms with Crippen molar-refractivity contribution >= 4 is 33.3 Å². The molecule has 0 saturated heterocycles. The molecule has 17 heavy (non-hydrogen) atoms. The van der Waals surface area contributed by atoms with E-state index in [0.29, 0.717) is 30.0 Å². The summed E-state index contributed by atoms with van der Waals surface area (Å²) < 4.78 is 5.41. The van der Waals surface area contributed by atoms with Crippen LogP contribution in [0, 0.1) is 0 Å². The molecule has 1 aromatic rings. The summed E-state index contributed by atoms with van der Waals surface area (Å²) in [4.78, 5) is 22.9. The summed E-state index contributed by atoms with van der Waals surface area (Å²) in [7, 11) is 0. The van der Waals surface area contributed by atoms with Crippen LogP contribution < -0.4 is 10.1 Å². The van der Waals surface area contributed by atoms with Crippen molar-refractivity contribution in [2.45, 2.75) is 18.2 Å². The van der Waals surface area contributed by atoms with Gasteiger partial charge < -0.3 is 10.1 Å². The largest absolute Gasteiger partial charge is 0.491 e. The number of benzene rings is 1. The summed E-state index contributed by atoms with van der Waals surface area (Å²) in [5.74, 6) is 0.487. The molecular weight excluding hydrogens is 286 g/mol. The second-order valence-electron chi connectivity index (χ2n) is 3.84. The molecule has 2 rings (SSSR count). The number of anilines is 1. The molecular formula is C12H12BrNO3. The molecule has 1 unspecified atom stereocenters. The van der Waals surface area contributed by atoms with Crippen LogP contribution in [0.15, 0.2) is 18.2 Å². The molecule has 0 fully saturated rings. The van der Waals surface area contributed by atoms with Crippen LogP contribution in [-0.2, 0) is 4.79 Å². The number of carbonyl (C=O) groups excluding carboxylic acids is 2. The van der Waals surface area contributed by atoms with Crippen LogP contribution in [-0.4, -0.2) is 23.1 Å². The first-order valence-corrected chi connectivity index (χ1v) is 6.24. The Morgan fingerprint density at radius 1 is 1.53 bits per heavy atom. The van der Waals surface area contributed by atoms with Crippen molar-refractivity contribution in [3.05, 3.63) is 23.8 Å². The molecule has 1 atom stereocenters. The summed E-state index contributed by atoms with van der Waals surface area (Å²) in [6, 6.07) is 5.07. The number of halogens is 1. The van der Waals surface area contributed by atoms with Gasteiger partial charge in [-0.2, -0.15) is 0 Å². The van der Waals surface area contributed by atoms with Crippen LogP contribution >= 0.6 is 15.9 Å². The predicted molar refractivity (Wildman–Crippen MR) is 67.9 cm³/mol. The number of rotatable bonds is 2. The van der Waals surface area contributed by atoms with E-state index in [9.17, 15) is 9.59 Å². The second-order valence-corrected chi connectivity index (χ2v) is 5.21. The Bertz CT molecular complexity index is 471. The number of Topliss-reactive ketones (excluding diaryl/α,β-unsaturated/α-hetero) is 1. The number of ketones is 1. The molecule has 0 saturated carbocycles. The lowest BCUT2D eigenvalue weighted by Crippen LogP contribution is -2.12. The lowest BCUT2D eigenvalue weighted by molar-refractivity contribution is -0.116. The number of amides is 1. The molecule has 0 spiro atoms. The molecule has 0 bridgehead atoms. The number of hydrogen-bond acceptors (Lipinski definition) is 3. The van der Waals surface area contributed by atoms with Crippen LogP contribution in [0.1, 0.15) is 23.7 Å². The van der Waals surface area contributed by atoms with Crippen molar-refractivity contribution in [2.75, 3.05) is 11.9 Å². The maximum absolute atomic E-state index is 11.8. The number of alkyl halides is 1. The number of nitrogens with one attached hydrogen (secondary N) is 1. The van der Waals surface area contributed by atoms with Gasteiger partial charge in [-0.15, -0.1) is 0 Å². The average Bonchev–Trinajstić information content (AvgIpc) is 2.47. The van der Waals surface area contributed by atoms with E-state index >= 15 is 0 Å². The van der Waals surface area contributed by atoms with Gasteiger partial charge in [-0.25, -0.2) is 0 Å². The zero-order valence-electron chi connectivity index (χ0n) is 9.33. The van der Waals surface area contributed by atoms with E-state index < -0.39 is 0 Å². The average molecular weight is 298 g/mol. The number of carbonyl (C=O) groups is 2. The van der Waals surface area contributed by atoms with E-state index in [-0.39, 0.29) is 16.5 Å². The summed E-state index contributed by atoms with van der Waals surface area (Å²) in [5.41, 5.74) is 1.12. The molecule has 1 aromatic carbocycles. The van der Waals surface area contributed by atoms with E-state index in [4.69, 9.17) is 4.74 Å². The van der Waals surface area contributed by atoms with Gasteiger partial charge in [-0.1, -0.05) is 15.9 Å². The van der Waals surface area contributed by atoms with Gasteiger partial charge in [0.25, 0.3) is 0 Å². The second kappa shape index (κ2) is 4.87. The van der Waals surface area contributed by atoms with Crippen molar-refractivity contribution in [1.29, 1.82) is 0 Å². The highest BCUT2D eigenvalue weighted by molar-refractivity contribution is 9.10. The molecule has 1 aliphatic rings. The molecule has 1 aliphatic heterocycles. The smallest absolute Gasteiger partial charge is 0.227 e. The molecule has 1 N–H and O–H groups in total. The van der Waals surface area contributed by atoms with Crippen LogP contribution in [0.25, 0.3) is 0 Å². The molecule has 0 aromatic heterocycles. The standard InChI is InChI=1S/C12H12BrNO3/c1-7(13)12(16)8-2-3-10-9(6-8)14-11(15)4-5-17-10/h2-3,6-7H,4-5H2,1H3,(H,14,15). The number of ether oxygens (including phenoxy) is 1. The fourth-order valence-corrected chi connectivity index (χ4v) is 1.87. The van der Waals surface area contributed by atoms with E-state index in [1.807, 2.05) is 0 Å². The minimum atomic E-state index is -0.247. The van der Waals surface area contributed by atoms with Crippen LogP contribution in [0.4, 0.5) is 5.69 Å². The Hall–Kier alpha value is -1.36. The monoisotopic (exact) mass is 297 g/mol. The Balaban J connectivity index is 2.35. The first-order valence-electron chi connectivity index (χ1n) is 5.33. The minimum absolute atomic E-state index is 0.0219. The van der Waals surface area contributed by atoms with Gasteiger partial charge in [-0.3, -0.25) is 9.59 Å². The Morgan fingerprint density at radius 3 is 3.00 bits per heavy atom. The van der Waals surface area contributed by atoms with Crippen LogP contribution in [0.3, 0.4) is 0 Å². The van der Waals surface area contributed by atoms with E-state index in [1.54, 1.807) is 25.1 Å². The summed E-state index contributed by atoms with van der Waals surface area (Å²) in [6.45, 7) is 2.13. The van der Waals surface area contributed by atoms with E-state index in [2.05, 4.69) is 21.2 Å². The first kappa shape index (κ1) is 12.1. The lowest BCUT2D eigenvalue weighted by Gasteiger charge is -2.09. The molecule has 1 amide bonds. The van der Waals surface area contributed by atoms with Gasteiger partial charge in [-0.05, 0) is 25.1 Å². The third-order valence-corrected chi connectivity index (χ3v) is 2.90. The maximum Gasteiger partial charge on any atom is 0.227 e. The summed E-state index contributed by atoms with van der Waals surface area (Å²) in [5, 5.41) is 2.73. The van der Waals surface area contributed by atoms with Crippen LogP contribution in [0.5, 0.6) is 5.75 Å². The highest BCUT2D eigenvalue weighted by atomic mass is 79.9. The topological polar surface area (TPSA) is 55.4 Å². The van der Waals surface area contributed by atoms with Crippen molar-refractivity contribution in [1.82, 2.24) is 0 Å². The van der Waals surface area contributed by atoms with Crippen molar-refractivity contribution < 1.29 is 14.3 Å². The third kappa shape index (κ3) is 2.66. The Kier molecular flexibility index (Phi) is 3.47. The Labute approximate surface area is 107 Å². The minimum Gasteiger partial charge on any atom is -0.491 e. The van der Waals surface area contributed by atoms with E-state index in [0.717, 1.165) is 0 Å². The number of fused-ring (bicyclic) bond motifs is 1. The zero-order valence-corrected chi connectivity index (χ0v) is 10.9. The third-order valence-electron chi connectivity index (χ3n) is 2.49. The molecule has 5 heteroatoms. The van der Waals surface area contributed by atoms with Gasteiger partial charge in [0, 0.05) is 5.56 Å². The first-order chi connectivity index (χ1) is 8.08. The highest BCUT2D eigenvalue weighted by Gasteiger charge is 2.17. The Morgan fingerprint density at radius 2 is 2.29 bits per heavy atom. The summed E-state index contributed by atoms with van der Waals surface area (Å²) >= 11 is 3.23. The van der Waals surface area contributed by atoms with Crippen molar-refractivity contribution in [2.24, 2.45) is 0 Å². The fourth-order valence-electron chi connectivity index (χ4n) is 1.60. The van der Waals surface area contributed by atoms with Gasteiger partial charge >= 0.3 is 0 Å². The molecule has 90 valence electrons.